The zero-order valence-electron chi connectivity index (χ0n) is 9.12. The number of methoxy groups -OCH3 is 1. The van der Waals surface area contributed by atoms with Crippen LogP contribution in [0.25, 0.3) is 0 Å². The molecule has 0 atom stereocenters. The quantitative estimate of drug-likeness (QED) is 0.566. The van der Waals surface area contributed by atoms with Gasteiger partial charge in [-0.1, -0.05) is 0 Å². The molecule has 15 heavy (non-hydrogen) atoms. The Labute approximate surface area is 90.4 Å². The first kappa shape index (κ1) is 13.9. The van der Waals surface area contributed by atoms with Crippen LogP contribution in [-0.4, -0.2) is 39.4 Å². The molecule has 0 aliphatic carbocycles. The van der Waals surface area contributed by atoms with Crippen molar-refractivity contribution in [2.75, 3.05) is 33.5 Å². The summed E-state index contributed by atoms with van der Waals surface area (Å²) in [5.74, 6) is -0.210. The number of rotatable bonds is 9. The number of amides is 1. The summed E-state index contributed by atoms with van der Waals surface area (Å²) in [7, 11) is 1.63. The van der Waals surface area contributed by atoms with Gasteiger partial charge in [0.25, 0.3) is 0 Å². The van der Waals surface area contributed by atoms with Gasteiger partial charge >= 0.3 is 0 Å². The summed E-state index contributed by atoms with van der Waals surface area (Å²) in [5.41, 5.74) is 0. The standard InChI is InChI=1S/C10H18N2O3/c1-14-8-9-15-7-3-2-6-12-10(13)4-5-11/h2-4,6-9H2,1H3,(H,12,13). The van der Waals surface area contributed by atoms with E-state index in [0.717, 1.165) is 12.8 Å². The van der Waals surface area contributed by atoms with E-state index in [4.69, 9.17) is 14.7 Å². The second kappa shape index (κ2) is 11.0. The van der Waals surface area contributed by atoms with Crippen molar-refractivity contribution < 1.29 is 14.3 Å². The summed E-state index contributed by atoms with van der Waals surface area (Å²) in [6.45, 7) is 2.50. The Hall–Kier alpha value is -1.12. The molecule has 0 aliphatic rings. The number of nitrogens with zero attached hydrogens (tertiary/aromatic N) is 1. The normalized spacial score (nSPS) is 9.60. The molecule has 86 valence electrons. The lowest BCUT2D eigenvalue weighted by Gasteiger charge is -2.04. The van der Waals surface area contributed by atoms with Gasteiger partial charge in [0.15, 0.2) is 0 Å². The first-order valence-corrected chi connectivity index (χ1v) is 5.01. The van der Waals surface area contributed by atoms with Crippen LogP contribution in [0.2, 0.25) is 0 Å². The first-order valence-electron chi connectivity index (χ1n) is 5.01. The van der Waals surface area contributed by atoms with E-state index in [1.54, 1.807) is 13.2 Å². The van der Waals surface area contributed by atoms with Crippen LogP contribution in [0, 0.1) is 11.3 Å². The average molecular weight is 214 g/mol. The minimum atomic E-state index is -0.210. The van der Waals surface area contributed by atoms with Gasteiger partial charge < -0.3 is 14.8 Å². The molecule has 5 heteroatoms. The predicted octanol–water partition coefficient (Wildman–Crippen LogP) is 0.459. The number of nitrogens with one attached hydrogen (secondary N) is 1. The molecule has 0 aromatic heterocycles. The van der Waals surface area contributed by atoms with Crippen molar-refractivity contribution in [2.45, 2.75) is 19.3 Å². The Balaban J connectivity index is 3.05. The van der Waals surface area contributed by atoms with Crippen LogP contribution >= 0.6 is 0 Å². The number of ether oxygens (including phenoxy) is 2. The molecule has 0 saturated heterocycles. The molecule has 0 aromatic rings. The highest BCUT2D eigenvalue weighted by atomic mass is 16.5. The van der Waals surface area contributed by atoms with Gasteiger partial charge in [0, 0.05) is 20.3 Å². The summed E-state index contributed by atoms with van der Waals surface area (Å²) in [4.78, 5) is 10.8. The van der Waals surface area contributed by atoms with Gasteiger partial charge in [-0.15, -0.1) is 0 Å². The maximum absolute atomic E-state index is 10.8. The van der Waals surface area contributed by atoms with Crippen LogP contribution in [0.15, 0.2) is 0 Å². The van der Waals surface area contributed by atoms with Crippen LogP contribution in [0.4, 0.5) is 0 Å². The number of hydrogen-bond acceptors (Lipinski definition) is 4. The number of carbonyl (C=O) groups is 1. The van der Waals surface area contributed by atoms with E-state index in [-0.39, 0.29) is 12.3 Å². The maximum Gasteiger partial charge on any atom is 0.234 e. The van der Waals surface area contributed by atoms with Gasteiger partial charge in [-0.2, -0.15) is 5.26 Å². The lowest BCUT2D eigenvalue weighted by Crippen LogP contribution is -2.23. The van der Waals surface area contributed by atoms with Crippen molar-refractivity contribution in [1.82, 2.24) is 5.32 Å². The van der Waals surface area contributed by atoms with Crippen molar-refractivity contribution in [3.63, 3.8) is 0 Å². The van der Waals surface area contributed by atoms with E-state index in [1.807, 2.05) is 0 Å². The number of nitriles is 1. The van der Waals surface area contributed by atoms with Crippen molar-refractivity contribution in [1.29, 1.82) is 5.26 Å². The molecule has 5 nitrogen and oxygen atoms in total. The zero-order valence-corrected chi connectivity index (χ0v) is 9.12. The largest absolute Gasteiger partial charge is 0.382 e. The number of unbranched alkanes of at least 4 members (excludes halogenated alkanes) is 1. The van der Waals surface area contributed by atoms with E-state index in [2.05, 4.69) is 5.32 Å². The molecule has 0 saturated carbocycles. The molecule has 0 aromatic carbocycles. The molecular weight excluding hydrogens is 196 g/mol. The average Bonchev–Trinajstić information content (AvgIpc) is 2.22. The van der Waals surface area contributed by atoms with Crippen LogP contribution in [-0.2, 0) is 14.3 Å². The number of hydrogen-bond donors (Lipinski definition) is 1. The second-order valence-electron chi connectivity index (χ2n) is 3.00. The highest BCUT2D eigenvalue weighted by Gasteiger charge is 1.97. The minimum Gasteiger partial charge on any atom is -0.382 e. The smallest absolute Gasteiger partial charge is 0.234 e. The van der Waals surface area contributed by atoms with Gasteiger partial charge in [0.1, 0.15) is 6.42 Å². The molecule has 0 heterocycles. The summed E-state index contributed by atoms with van der Waals surface area (Å²) in [6, 6.07) is 1.79. The molecule has 0 rings (SSSR count). The van der Waals surface area contributed by atoms with Crippen molar-refractivity contribution in [3.8, 4) is 6.07 Å². The van der Waals surface area contributed by atoms with E-state index >= 15 is 0 Å². The zero-order chi connectivity index (χ0) is 11.4. The Bertz CT molecular complexity index is 201. The lowest BCUT2D eigenvalue weighted by molar-refractivity contribution is -0.120. The van der Waals surface area contributed by atoms with Crippen molar-refractivity contribution >= 4 is 5.91 Å². The predicted molar refractivity (Wildman–Crippen MR) is 55.2 cm³/mol. The molecule has 1 N–H and O–H groups in total. The SMILES string of the molecule is COCCOCCCCNC(=O)CC#N. The van der Waals surface area contributed by atoms with E-state index < -0.39 is 0 Å². The molecule has 0 aliphatic heterocycles. The molecule has 1 amide bonds. The molecule has 0 spiro atoms. The Morgan fingerprint density at radius 2 is 2.13 bits per heavy atom. The lowest BCUT2D eigenvalue weighted by atomic mass is 10.3. The fraction of sp³-hybridized carbons (Fsp3) is 0.800. The third-order valence-corrected chi connectivity index (χ3v) is 1.71. The van der Waals surface area contributed by atoms with E-state index in [0.29, 0.717) is 26.4 Å². The molecule has 0 bridgehead atoms. The van der Waals surface area contributed by atoms with Gasteiger partial charge in [-0.25, -0.2) is 0 Å². The van der Waals surface area contributed by atoms with Crippen LogP contribution in [0.5, 0.6) is 0 Å². The van der Waals surface area contributed by atoms with Crippen molar-refractivity contribution in [3.05, 3.63) is 0 Å². The summed E-state index contributed by atoms with van der Waals surface area (Å²) in [6.07, 6.45) is 1.70. The van der Waals surface area contributed by atoms with Crippen LogP contribution in [0.3, 0.4) is 0 Å². The van der Waals surface area contributed by atoms with E-state index in [9.17, 15) is 4.79 Å². The third-order valence-electron chi connectivity index (χ3n) is 1.71. The summed E-state index contributed by atoms with van der Waals surface area (Å²) >= 11 is 0. The molecule has 0 fully saturated rings. The molecule has 0 unspecified atom stereocenters. The van der Waals surface area contributed by atoms with E-state index in [1.165, 1.54) is 0 Å². The van der Waals surface area contributed by atoms with Gasteiger partial charge in [-0.3, -0.25) is 4.79 Å². The monoisotopic (exact) mass is 214 g/mol. The van der Waals surface area contributed by atoms with Gasteiger partial charge in [-0.05, 0) is 12.8 Å². The fourth-order valence-corrected chi connectivity index (χ4v) is 0.936. The van der Waals surface area contributed by atoms with Gasteiger partial charge in [0.2, 0.25) is 5.91 Å². The second-order valence-corrected chi connectivity index (χ2v) is 3.00. The number of carbonyl (C=O) groups excluding carboxylic acids is 1. The third kappa shape index (κ3) is 10.8. The van der Waals surface area contributed by atoms with Gasteiger partial charge in [0.05, 0.1) is 19.3 Å². The molecular formula is C10H18N2O3. The highest BCUT2D eigenvalue weighted by Crippen LogP contribution is 1.89. The van der Waals surface area contributed by atoms with Crippen LogP contribution in [0.1, 0.15) is 19.3 Å². The Kier molecular flexibility index (Phi) is 10.1. The topological polar surface area (TPSA) is 71.3 Å². The fourth-order valence-electron chi connectivity index (χ4n) is 0.936. The highest BCUT2D eigenvalue weighted by molar-refractivity contribution is 5.77. The summed E-state index contributed by atoms with van der Waals surface area (Å²) < 4.78 is 10.1. The first-order chi connectivity index (χ1) is 7.31. The molecule has 0 radical (unpaired) electrons. The maximum atomic E-state index is 10.8. The Morgan fingerprint density at radius 3 is 2.80 bits per heavy atom. The summed E-state index contributed by atoms with van der Waals surface area (Å²) in [5, 5.41) is 10.9. The minimum absolute atomic E-state index is 0.0651. The van der Waals surface area contributed by atoms with Crippen LogP contribution < -0.4 is 5.32 Å². The van der Waals surface area contributed by atoms with Crippen molar-refractivity contribution in [2.24, 2.45) is 0 Å². The Morgan fingerprint density at radius 1 is 1.33 bits per heavy atom.